The molecule has 2 rings (SSSR count). The molecule has 2 atom stereocenters. The van der Waals surface area contributed by atoms with Gasteiger partial charge in [-0.05, 0) is 17.4 Å². The average Bonchev–Trinajstić information content (AvgIpc) is 2.18. The standard InChI is InChI=1S/C13H19NO.ClH/c1-13(2)8-11(14)12(13)15-9-10-6-4-3-5-7-10;/h3-7,11-12H,8-9,14H2,1-2H3;1H/t11-,12-;/m1./s1. The Hall–Kier alpha value is -0.570. The Morgan fingerprint density at radius 1 is 1.31 bits per heavy atom. The Morgan fingerprint density at radius 2 is 1.94 bits per heavy atom. The van der Waals surface area contributed by atoms with Crippen molar-refractivity contribution in [2.45, 2.75) is 39.0 Å². The molecule has 0 heterocycles. The van der Waals surface area contributed by atoms with Gasteiger partial charge in [0.25, 0.3) is 0 Å². The molecule has 0 aromatic heterocycles. The molecule has 16 heavy (non-hydrogen) atoms. The number of hydrogen-bond acceptors (Lipinski definition) is 2. The number of hydrogen-bond donors (Lipinski definition) is 1. The number of nitrogens with two attached hydrogens (primary N) is 1. The van der Waals surface area contributed by atoms with Crippen molar-refractivity contribution < 1.29 is 4.74 Å². The summed E-state index contributed by atoms with van der Waals surface area (Å²) in [5.41, 5.74) is 7.40. The van der Waals surface area contributed by atoms with E-state index in [1.54, 1.807) is 0 Å². The molecule has 1 aliphatic rings. The zero-order valence-corrected chi connectivity index (χ0v) is 10.7. The third-order valence-corrected chi connectivity index (χ3v) is 3.19. The van der Waals surface area contributed by atoms with Crippen LogP contribution in [-0.4, -0.2) is 12.1 Å². The summed E-state index contributed by atoms with van der Waals surface area (Å²) >= 11 is 0. The molecule has 1 fully saturated rings. The van der Waals surface area contributed by atoms with Crippen LogP contribution in [0.15, 0.2) is 30.3 Å². The maximum atomic E-state index is 5.94. The van der Waals surface area contributed by atoms with E-state index >= 15 is 0 Å². The minimum atomic E-state index is 0. The van der Waals surface area contributed by atoms with Crippen molar-refractivity contribution in [2.24, 2.45) is 11.1 Å². The van der Waals surface area contributed by atoms with Crippen LogP contribution in [-0.2, 0) is 11.3 Å². The molecule has 0 amide bonds. The highest BCUT2D eigenvalue weighted by Gasteiger charge is 2.46. The molecule has 0 aliphatic heterocycles. The second kappa shape index (κ2) is 5.17. The first kappa shape index (κ1) is 13.5. The van der Waals surface area contributed by atoms with Gasteiger partial charge in [0, 0.05) is 6.04 Å². The summed E-state index contributed by atoms with van der Waals surface area (Å²) in [4.78, 5) is 0. The van der Waals surface area contributed by atoms with Gasteiger partial charge in [0.1, 0.15) is 0 Å². The highest BCUT2D eigenvalue weighted by atomic mass is 35.5. The number of halogens is 1. The van der Waals surface area contributed by atoms with Gasteiger partial charge in [-0.1, -0.05) is 44.2 Å². The van der Waals surface area contributed by atoms with Crippen LogP contribution >= 0.6 is 12.4 Å². The van der Waals surface area contributed by atoms with Gasteiger partial charge in [-0.15, -0.1) is 12.4 Å². The number of rotatable bonds is 3. The van der Waals surface area contributed by atoms with Gasteiger partial charge >= 0.3 is 0 Å². The molecule has 1 aromatic carbocycles. The predicted octanol–water partition coefficient (Wildman–Crippen LogP) is 2.75. The van der Waals surface area contributed by atoms with Gasteiger partial charge in [0.15, 0.2) is 0 Å². The van der Waals surface area contributed by atoms with Crippen LogP contribution in [0.1, 0.15) is 25.8 Å². The molecule has 3 heteroatoms. The van der Waals surface area contributed by atoms with Crippen LogP contribution in [0.2, 0.25) is 0 Å². The molecule has 0 spiro atoms. The highest BCUT2D eigenvalue weighted by Crippen LogP contribution is 2.41. The Kier molecular flexibility index (Phi) is 4.36. The van der Waals surface area contributed by atoms with Crippen LogP contribution in [0.5, 0.6) is 0 Å². The Bertz CT molecular complexity index is 326. The molecule has 2 nitrogen and oxygen atoms in total. The second-order valence-electron chi connectivity index (χ2n) is 5.07. The van der Waals surface area contributed by atoms with E-state index in [0.717, 1.165) is 6.42 Å². The third-order valence-electron chi connectivity index (χ3n) is 3.19. The van der Waals surface area contributed by atoms with E-state index in [0.29, 0.717) is 6.61 Å². The van der Waals surface area contributed by atoms with Gasteiger partial charge in [-0.2, -0.15) is 0 Å². The van der Waals surface area contributed by atoms with Crippen LogP contribution in [0.3, 0.4) is 0 Å². The van der Waals surface area contributed by atoms with E-state index in [1.807, 2.05) is 18.2 Å². The van der Waals surface area contributed by atoms with Gasteiger partial charge in [-0.3, -0.25) is 0 Å². The molecule has 0 bridgehead atoms. The quantitative estimate of drug-likeness (QED) is 0.883. The lowest BCUT2D eigenvalue weighted by atomic mass is 9.66. The molecule has 0 radical (unpaired) electrons. The van der Waals surface area contributed by atoms with Crippen molar-refractivity contribution >= 4 is 12.4 Å². The van der Waals surface area contributed by atoms with Crippen molar-refractivity contribution in [1.29, 1.82) is 0 Å². The summed E-state index contributed by atoms with van der Waals surface area (Å²) in [5.74, 6) is 0. The first-order valence-electron chi connectivity index (χ1n) is 5.51. The van der Waals surface area contributed by atoms with Crippen molar-refractivity contribution in [3.05, 3.63) is 35.9 Å². The van der Waals surface area contributed by atoms with E-state index in [9.17, 15) is 0 Å². The summed E-state index contributed by atoms with van der Waals surface area (Å²) in [5, 5.41) is 0. The fraction of sp³-hybridized carbons (Fsp3) is 0.538. The van der Waals surface area contributed by atoms with Crippen molar-refractivity contribution in [3.63, 3.8) is 0 Å². The Balaban J connectivity index is 0.00000128. The summed E-state index contributed by atoms with van der Waals surface area (Å²) in [7, 11) is 0. The van der Waals surface area contributed by atoms with Gasteiger partial charge in [0.2, 0.25) is 0 Å². The monoisotopic (exact) mass is 241 g/mol. The summed E-state index contributed by atoms with van der Waals surface area (Å²) in [6.45, 7) is 5.10. The van der Waals surface area contributed by atoms with Crippen LogP contribution in [0.25, 0.3) is 0 Å². The van der Waals surface area contributed by atoms with E-state index in [4.69, 9.17) is 10.5 Å². The lowest BCUT2D eigenvalue weighted by molar-refractivity contribution is -0.116. The van der Waals surface area contributed by atoms with Crippen molar-refractivity contribution in [3.8, 4) is 0 Å². The van der Waals surface area contributed by atoms with Gasteiger partial charge < -0.3 is 10.5 Å². The molecule has 0 saturated heterocycles. The largest absolute Gasteiger partial charge is 0.371 e. The Morgan fingerprint density at radius 3 is 2.44 bits per heavy atom. The first-order valence-corrected chi connectivity index (χ1v) is 5.51. The minimum absolute atomic E-state index is 0. The molecule has 1 aliphatic carbocycles. The molecule has 1 saturated carbocycles. The molecule has 0 unspecified atom stereocenters. The lowest BCUT2D eigenvalue weighted by Gasteiger charge is -2.49. The highest BCUT2D eigenvalue weighted by molar-refractivity contribution is 5.85. The lowest BCUT2D eigenvalue weighted by Crippen LogP contribution is -2.58. The maximum Gasteiger partial charge on any atom is 0.0782 e. The molecule has 90 valence electrons. The van der Waals surface area contributed by atoms with Crippen LogP contribution < -0.4 is 5.73 Å². The zero-order chi connectivity index (χ0) is 10.9. The molecular weight excluding hydrogens is 222 g/mol. The van der Waals surface area contributed by atoms with Gasteiger partial charge in [0.05, 0.1) is 12.7 Å². The summed E-state index contributed by atoms with van der Waals surface area (Å²) < 4.78 is 5.87. The maximum absolute atomic E-state index is 5.94. The minimum Gasteiger partial charge on any atom is -0.371 e. The van der Waals surface area contributed by atoms with Crippen LogP contribution in [0, 0.1) is 5.41 Å². The first-order chi connectivity index (χ1) is 7.09. The average molecular weight is 242 g/mol. The third kappa shape index (κ3) is 2.76. The van der Waals surface area contributed by atoms with E-state index in [1.165, 1.54) is 5.56 Å². The van der Waals surface area contributed by atoms with Crippen molar-refractivity contribution in [2.75, 3.05) is 0 Å². The van der Waals surface area contributed by atoms with Gasteiger partial charge in [-0.25, -0.2) is 0 Å². The van der Waals surface area contributed by atoms with E-state index < -0.39 is 0 Å². The summed E-state index contributed by atoms with van der Waals surface area (Å²) in [6, 6.07) is 10.5. The van der Waals surface area contributed by atoms with E-state index in [2.05, 4.69) is 26.0 Å². The second-order valence-corrected chi connectivity index (χ2v) is 5.07. The number of benzene rings is 1. The predicted molar refractivity (Wildman–Crippen MR) is 68.6 cm³/mol. The Labute approximate surface area is 104 Å². The molecule has 1 aromatic rings. The molecule has 2 N–H and O–H groups in total. The smallest absolute Gasteiger partial charge is 0.0782 e. The molecular formula is C13H20ClNO. The topological polar surface area (TPSA) is 35.2 Å². The fourth-order valence-electron chi connectivity index (χ4n) is 2.36. The fourth-order valence-corrected chi connectivity index (χ4v) is 2.36. The summed E-state index contributed by atoms with van der Waals surface area (Å²) in [6.07, 6.45) is 1.27. The van der Waals surface area contributed by atoms with E-state index in [-0.39, 0.29) is 30.0 Å². The zero-order valence-electron chi connectivity index (χ0n) is 9.85. The number of ether oxygens (including phenoxy) is 1. The van der Waals surface area contributed by atoms with Crippen LogP contribution in [0.4, 0.5) is 0 Å². The van der Waals surface area contributed by atoms with Crippen molar-refractivity contribution in [1.82, 2.24) is 0 Å². The normalized spacial score (nSPS) is 26.7. The SMILES string of the molecule is CC1(C)C[C@@H](N)[C@H]1OCc1ccccc1.Cl.